The van der Waals surface area contributed by atoms with E-state index in [4.69, 9.17) is 33.2 Å². The molecule has 0 aliphatic heterocycles. The van der Waals surface area contributed by atoms with Crippen LogP contribution in [0.3, 0.4) is 0 Å². The van der Waals surface area contributed by atoms with E-state index < -0.39 is 0 Å². The molecule has 0 atom stereocenters. The molecule has 0 aliphatic rings. The molecule has 0 spiro atoms. The minimum atomic E-state index is 0.572. The second-order valence-corrected chi connectivity index (χ2v) is 8.88. The van der Waals surface area contributed by atoms with Gasteiger partial charge in [0.25, 0.3) is 0 Å². The summed E-state index contributed by atoms with van der Waals surface area (Å²) in [7, 11) is 9.74. The molecule has 0 aliphatic carbocycles. The summed E-state index contributed by atoms with van der Waals surface area (Å²) in [5.74, 6) is 5.18. The van der Waals surface area contributed by atoms with E-state index in [1.54, 1.807) is 42.7 Å². The zero-order chi connectivity index (χ0) is 29.2. The molecule has 0 fully saturated rings. The summed E-state index contributed by atoms with van der Waals surface area (Å²) in [6.45, 7) is 0. The standard InChI is InChI=1S/C34H34O7/c1-35-27-11-7-9-25(19-27)33(17-23-13-29(37-3)21-30(14-23)38-4)41-34(26-10-8-12-28(20-26)36-2)18-24-15-31(39-5)22-32(16-24)40-6/h7-22H,1-6H3. The van der Waals surface area contributed by atoms with Crippen LogP contribution in [0.1, 0.15) is 22.3 Å². The van der Waals surface area contributed by atoms with E-state index in [0.29, 0.717) is 46.0 Å². The predicted molar refractivity (Wildman–Crippen MR) is 162 cm³/mol. The van der Waals surface area contributed by atoms with Crippen molar-refractivity contribution < 1.29 is 33.2 Å². The van der Waals surface area contributed by atoms with Gasteiger partial charge in [-0.2, -0.15) is 0 Å². The molecular weight excluding hydrogens is 520 g/mol. The van der Waals surface area contributed by atoms with E-state index in [-0.39, 0.29) is 0 Å². The van der Waals surface area contributed by atoms with Gasteiger partial charge in [0.15, 0.2) is 0 Å². The highest BCUT2D eigenvalue weighted by atomic mass is 16.5. The molecule has 41 heavy (non-hydrogen) atoms. The Morgan fingerprint density at radius 2 is 0.756 bits per heavy atom. The fourth-order valence-corrected chi connectivity index (χ4v) is 4.14. The zero-order valence-corrected chi connectivity index (χ0v) is 24.1. The third kappa shape index (κ3) is 7.54. The number of hydrogen-bond acceptors (Lipinski definition) is 7. The molecular formula is C34H34O7. The number of benzene rings is 4. The molecule has 0 heterocycles. The quantitative estimate of drug-likeness (QED) is 0.133. The van der Waals surface area contributed by atoms with Crippen LogP contribution in [0.4, 0.5) is 0 Å². The monoisotopic (exact) mass is 554 g/mol. The lowest BCUT2D eigenvalue weighted by Gasteiger charge is -2.17. The van der Waals surface area contributed by atoms with Crippen LogP contribution < -0.4 is 28.4 Å². The highest BCUT2D eigenvalue weighted by Gasteiger charge is 2.14. The summed E-state index contributed by atoms with van der Waals surface area (Å²) in [5.41, 5.74) is 3.27. The van der Waals surface area contributed by atoms with E-state index in [9.17, 15) is 0 Å². The average molecular weight is 555 g/mol. The van der Waals surface area contributed by atoms with Crippen LogP contribution in [-0.2, 0) is 4.74 Å². The van der Waals surface area contributed by atoms with Crippen molar-refractivity contribution in [2.45, 2.75) is 0 Å². The Morgan fingerprint density at radius 3 is 1.07 bits per heavy atom. The number of methoxy groups -OCH3 is 6. The minimum absolute atomic E-state index is 0.572. The fraction of sp³-hybridized carbons (Fsp3) is 0.176. The van der Waals surface area contributed by atoms with Gasteiger partial charge in [-0.1, -0.05) is 24.3 Å². The van der Waals surface area contributed by atoms with Crippen molar-refractivity contribution >= 4 is 23.7 Å². The summed E-state index contributed by atoms with van der Waals surface area (Å²) in [6.07, 6.45) is 3.86. The van der Waals surface area contributed by atoms with Gasteiger partial charge >= 0.3 is 0 Å². The maximum atomic E-state index is 6.77. The maximum Gasteiger partial charge on any atom is 0.135 e. The highest BCUT2D eigenvalue weighted by molar-refractivity contribution is 5.86. The van der Waals surface area contributed by atoms with Crippen molar-refractivity contribution in [2.24, 2.45) is 0 Å². The second kappa shape index (κ2) is 13.8. The van der Waals surface area contributed by atoms with Gasteiger partial charge in [-0.3, -0.25) is 0 Å². The van der Waals surface area contributed by atoms with Crippen LogP contribution in [0.2, 0.25) is 0 Å². The predicted octanol–water partition coefficient (Wildman–Crippen LogP) is 7.45. The molecule has 4 rings (SSSR count). The lowest BCUT2D eigenvalue weighted by Crippen LogP contribution is -1.97. The Balaban J connectivity index is 1.92. The molecule has 0 aromatic heterocycles. The summed E-state index contributed by atoms with van der Waals surface area (Å²) in [5, 5.41) is 0. The highest BCUT2D eigenvalue weighted by Crippen LogP contribution is 2.34. The third-order valence-electron chi connectivity index (χ3n) is 6.27. The van der Waals surface area contributed by atoms with Gasteiger partial charge in [0, 0.05) is 23.3 Å². The van der Waals surface area contributed by atoms with Gasteiger partial charge in [-0.25, -0.2) is 0 Å². The molecule has 0 saturated carbocycles. The number of hydrogen-bond donors (Lipinski definition) is 0. The lowest BCUT2D eigenvalue weighted by molar-refractivity contribution is 0.394. The topological polar surface area (TPSA) is 64.6 Å². The van der Waals surface area contributed by atoms with Gasteiger partial charge in [0.2, 0.25) is 0 Å². The van der Waals surface area contributed by atoms with Crippen molar-refractivity contribution in [1.29, 1.82) is 0 Å². The molecule has 4 aromatic carbocycles. The normalized spacial score (nSPS) is 11.5. The van der Waals surface area contributed by atoms with Gasteiger partial charge in [-0.05, 0) is 71.8 Å². The molecule has 212 valence electrons. The van der Waals surface area contributed by atoms with E-state index in [0.717, 1.165) is 22.3 Å². The van der Waals surface area contributed by atoms with Crippen LogP contribution in [0.15, 0.2) is 84.9 Å². The molecule has 0 saturated heterocycles. The summed E-state index contributed by atoms with van der Waals surface area (Å²) < 4.78 is 39.8. The van der Waals surface area contributed by atoms with Gasteiger partial charge in [0.05, 0.1) is 42.7 Å². The zero-order valence-electron chi connectivity index (χ0n) is 24.1. The second-order valence-electron chi connectivity index (χ2n) is 8.88. The molecule has 0 N–H and O–H groups in total. The van der Waals surface area contributed by atoms with Crippen LogP contribution in [0.25, 0.3) is 23.7 Å². The smallest absolute Gasteiger partial charge is 0.135 e. The first-order valence-corrected chi connectivity index (χ1v) is 12.8. The van der Waals surface area contributed by atoms with Crippen molar-refractivity contribution in [2.75, 3.05) is 42.7 Å². The number of rotatable bonds is 12. The SMILES string of the molecule is COc1cc(C=C(OC(=Cc2cc(OC)cc(OC)c2)c2cccc(OC)c2)c2cccc(OC)c2)cc(OC)c1. The van der Waals surface area contributed by atoms with Gasteiger partial charge < -0.3 is 33.2 Å². The Labute approximate surface area is 241 Å². The van der Waals surface area contributed by atoms with Crippen molar-refractivity contribution in [3.8, 4) is 34.5 Å². The van der Waals surface area contributed by atoms with Gasteiger partial charge in [0.1, 0.15) is 46.0 Å². The maximum absolute atomic E-state index is 6.77. The first-order chi connectivity index (χ1) is 20.0. The minimum Gasteiger partial charge on any atom is -0.497 e. The summed E-state index contributed by atoms with van der Waals surface area (Å²) >= 11 is 0. The molecule has 4 aromatic rings. The Kier molecular flexibility index (Phi) is 9.78. The molecule has 0 unspecified atom stereocenters. The van der Waals surface area contributed by atoms with E-state index in [1.807, 2.05) is 97.1 Å². The van der Waals surface area contributed by atoms with Crippen molar-refractivity contribution in [1.82, 2.24) is 0 Å². The largest absolute Gasteiger partial charge is 0.497 e. The molecule has 0 amide bonds. The third-order valence-corrected chi connectivity index (χ3v) is 6.27. The van der Waals surface area contributed by atoms with Crippen molar-refractivity contribution in [3.63, 3.8) is 0 Å². The molecule has 7 heteroatoms. The Hall–Kier alpha value is -5.04. The van der Waals surface area contributed by atoms with E-state index >= 15 is 0 Å². The van der Waals surface area contributed by atoms with Crippen LogP contribution in [-0.4, -0.2) is 42.7 Å². The summed E-state index contributed by atoms with van der Waals surface area (Å²) in [4.78, 5) is 0. The molecule has 7 nitrogen and oxygen atoms in total. The first kappa shape index (κ1) is 29.0. The fourth-order valence-electron chi connectivity index (χ4n) is 4.14. The van der Waals surface area contributed by atoms with Crippen LogP contribution in [0.5, 0.6) is 34.5 Å². The molecule has 0 radical (unpaired) electrons. The Morgan fingerprint density at radius 1 is 0.415 bits per heavy atom. The van der Waals surface area contributed by atoms with E-state index in [2.05, 4.69) is 0 Å². The first-order valence-electron chi connectivity index (χ1n) is 12.8. The Bertz CT molecular complexity index is 1380. The summed E-state index contributed by atoms with van der Waals surface area (Å²) in [6, 6.07) is 26.6. The van der Waals surface area contributed by atoms with E-state index in [1.165, 1.54) is 0 Å². The molecule has 0 bridgehead atoms. The average Bonchev–Trinajstić information content (AvgIpc) is 3.03. The van der Waals surface area contributed by atoms with Crippen LogP contribution in [0, 0.1) is 0 Å². The lowest BCUT2D eigenvalue weighted by atomic mass is 10.1. The van der Waals surface area contributed by atoms with Crippen molar-refractivity contribution in [3.05, 3.63) is 107 Å². The number of ether oxygens (including phenoxy) is 7. The van der Waals surface area contributed by atoms with Crippen LogP contribution >= 0.6 is 0 Å². The van der Waals surface area contributed by atoms with Gasteiger partial charge in [-0.15, -0.1) is 0 Å².